The maximum Gasteiger partial charge on any atom is 0.220 e. The van der Waals surface area contributed by atoms with E-state index in [1.807, 2.05) is 6.08 Å². The highest BCUT2D eigenvalue weighted by Crippen LogP contribution is 2.18. The minimum absolute atomic E-state index is 0.0615. The van der Waals surface area contributed by atoms with Crippen LogP contribution in [0.5, 0.6) is 0 Å². The summed E-state index contributed by atoms with van der Waals surface area (Å²) in [7, 11) is 0. The molecule has 0 aliphatic carbocycles. The molecule has 0 rings (SSSR count). The summed E-state index contributed by atoms with van der Waals surface area (Å²) in [5.74, 6) is -0.0615. The molecule has 0 aliphatic rings. The number of aliphatic hydroxyl groups is 2. The van der Waals surface area contributed by atoms with E-state index in [1.165, 1.54) is 250 Å². The first-order valence-corrected chi connectivity index (χ1v) is 25.9. The molecular weight excluding hydrogens is 687 g/mol. The van der Waals surface area contributed by atoms with Crippen molar-refractivity contribution in [1.29, 1.82) is 0 Å². The zero-order chi connectivity index (χ0) is 40.7. The largest absolute Gasteiger partial charge is 0.394 e. The number of unbranched alkanes of at least 4 members (excludes halogenated alkanes) is 41. The molecule has 1 amide bonds. The summed E-state index contributed by atoms with van der Waals surface area (Å²) in [6.45, 7) is 4.29. The number of carbonyl (C=O) groups excluding carboxylic acids is 1. The third kappa shape index (κ3) is 44.2. The third-order valence-corrected chi connectivity index (χ3v) is 12.3. The summed E-state index contributed by atoms with van der Waals surface area (Å²) in [6.07, 6.45) is 62.5. The summed E-state index contributed by atoms with van der Waals surface area (Å²) in [6, 6.07) is -0.615. The topological polar surface area (TPSA) is 69.6 Å². The molecule has 0 aliphatic heterocycles. The van der Waals surface area contributed by atoms with Crippen molar-refractivity contribution >= 4 is 5.91 Å². The van der Waals surface area contributed by atoms with Gasteiger partial charge in [0.2, 0.25) is 5.91 Å². The average molecular weight is 790 g/mol. The standard InChI is InChI=1S/C52H103NO3/c1-3-5-7-9-11-13-14-15-16-17-18-19-20-21-22-23-24-25-26-27-28-29-30-31-32-33-34-35-36-37-38-39-40-42-44-46-48-52(56)53-50(49-54)51(55)47-45-43-41-12-10-8-6-4-2/h45,47,50-51,54-55H,3-44,46,48-49H2,1-2H3,(H,53,56)/b47-45+. The Morgan fingerprint density at radius 2 is 0.661 bits per heavy atom. The number of nitrogens with one attached hydrogen (secondary N) is 1. The predicted molar refractivity (Wildman–Crippen MR) is 249 cm³/mol. The Balaban J connectivity index is 3.30. The summed E-state index contributed by atoms with van der Waals surface area (Å²) >= 11 is 0. The van der Waals surface area contributed by atoms with Gasteiger partial charge >= 0.3 is 0 Å². The molecule has 0 fully saturated rings. The first-order chi connectivity index (χ1) is 27.7. The zero-order valence-corrected chi connectivity index (χ0v) is 38.4. The van der Waals surface area contributed by atoms with Gasteiger partial charge < -0.3 is 15.5 Å². The van der Waals surface area contributed by atoms with E-state index < -0.39 is 12.1 Å². The van der Waals surface area contributed by atoms with Crippen molar-refractivity contribution < 1.29 is 15.0 Å². The van der Waals surface area contributed by atoms with E-state index in [9.17, 15) is 15.0 Å². The minimum atomic E-state index is -0.832. The molecule has 0 aromatic carbocycles. The van der Waals surface area contributed by atoms with Crippen LogP contribution in [0.4, 0.5) is 0 Å². The van der Waals surface area contributed by atoms with Crippen molar-refractivity contribution in [1.82, 2.24) is 5.32 Å². The van der Waals surface area contributed by atoms with E-state index >= 15 is 0 Å². The molecule has 3 N–H and O–H groups in total. The zero-order valence-electron chi connectivity index (χ0n) is 38.4. The van der Waals surface area contributed by atoms with Gasteiger partial charge in [-0.15, -0.1) is 0 Å². The fourth-order valence-corrected chi connectivity index (χ4v) is 8.30. The highest BCUT2D eigenvalue weighted by atomic mass is 16.3. The molecule has 0 saturated heterocycles. The van der Waals surface area contributed by atoms with E-state index in [0.717, 1.165) is 25.7 Å². The van der Waals surface area contributed by atoms with Crippen molar-refractivity contribution in [2.24, 2.45) is 0 Å². The maximum absolute atomic E-state index is 12.3. The van der Waals surface area contributed by atoms with Gasteiger partial charge in [0.25, 0.3) is 0 Å². The van der Waals surface area contributed by atoms with E-state index in [0.29, 0.717) is 6.42 Å². The molecule has 0 aromatic heterocycles. The third-order valence-electron chi connectivity index (χ3n) is 12.3. The number of rotatable bonds is 48. The van der Waals surface area contributed by atoms with Crippen molar-refractivity contribution in [2.45, 2.75) is 309 Å². The number of amides is 1. The lowest BCUT2D eigenvalue weighted by molar-refractivity contribution is -0.123. The molecule has 0 heterocycles. The van der Waals surface area contributed by atoms with Crippen LogP contribution in [0.1, 0.15) is 296 Å². The van der Waals surface area contributed by atoms with Gasteiger partial charge in [-0.2, -0.15) is 0 Å². The van der Waals surface area contributed by atoms with Gasteiger partial charge in [0.05, 0.1) is 18.8 Å². The lowest BCUT2D eigenvalue weighted by Gasteiger charge is -2.20. The Bertz CT molecular complexity index is 769. The van der Waals surface area contributed by atoms with Gasteiger partial charge in [-0.3, -0.25) is 4.79 Å². The SMILES string of the molecule is CCCCCCCC/C=C/C(O)C(CO)NC(=O)CCCCCCCCCCCCCCCCCCCCCCCCCCCCCCCCCCCCCC. The van der Waals surface area contributed by atoms with Crippen LogP contribution in [-0.4, -0.2) is 34.9 Å². The molecule has 4 heteroatoms. The Kier molecular flexibility index (Phi) is 47.7. The normalized spacial score (nSPS) is 12.9. The van der Waals surface area contributed by atoms with Gasteiger partial charge in [0, 0.05) is 6.42 Å². The lowest BCUT2D eigenvalue weighted by atomic mass is 10.0. The molecule has 334 valence electrons. The number of aliphatic hydroxyl groups excluding tert-OH is 2. The minimum Gasteiger partial charge on any atom is -0.394 e. The molecule has 0 aromatic rings. The molecular formula is C52H103NO3. The van der Waals surface area contributed by atoms with E-state index in [2.05, 4.69) is 19.2 Å². The monoisotopic (exact) mass is 790 g/mol. The second kappa shape index (κ2) is 48.5. The second-order valence-electron chi connectivity index (χ2n) is 18.0. The van der Waals surface area contributed by atoms with E-state index in [-0.39, 0.29) is 12.5 Å². The van der Waals surface area contributed by atoms with Crippen LogP contribution in [0.3, 0.4) is 0 Å². The van der Waals surface area contributed by atoms with Crippen molar-refractivity contribution in [3.8, 4) is 0 Å². The van der Waals surface area contributed by atoms with Gasteiger partial charge in [0.15, 0.2) is 0 Å². The van der Waals surface area contributed by atoms with Gasteiger partial charge in [0.1, 0.15) is 0 Å². The van der Waals surface area contributed by atoms with Crippen LogP contribution < -0.4 is 5.32 Å². The van der Waals surface area contributed by atoms with Gasteiger partial charge in [-0.25, -0.2) is 0 Å². The molecule has 4 nitrogen and oxygen atoms in total. The maximum atomic E-state index is 12.3. The Morgan fingerprint density at radius 1 is 0.411 bits per heavy atom. The summed E-state index contributed by atoms with van der Waals surface area (Å²) in [5.41, 5.74) is 0. The first-order valence-electron chi connectivity index (χ1n) is 25.9. The van der Waals surface area contributed by atoms with Crippen LogP contribution in [0.2, 0.25) is 0 Å². The molecule has 2 unspecified atom stereocenters. The average Bonchev–Trinajstić information content (AvgIpc) is 3.20. The number of hydrogen-bond donors (Lipinski definition) is 3. The van der Waals surface area contributed by atoms with Crippen molar-refractivity contribution in [3.63, 3.8) is 0 Å². The fourth-order valence-electron chi connectivity index (χ4n) is 8.30. The number of allylic oxidation sites excluding steroid dienone is 1. The number of carbonyl (C=O) groups is 1. The van der Waals surface area contributed by atoms with Crippen LogP contribution >= 0.6 is 0 Å². The molecule has 0 radical (unpaired) electrons. The molecule has 0 saturated carbocycles. The Labute approximate surface area is 352 Å². The Hall–Kier alpha value is -0.870. The van der Waals surface area contributed by atoms with Crippen LogP contribution in [0.15, 0.2) is 12.2 Å². The highest BCUT2D eigenvalue weighted by Gasteiger charge is 2.18. The summed E-state index contributed by atoms with van der Waals surface area (Å²) in [4.78, 5) is 12.3. The fraction of sp³-hybridized carbons (Fsp3) is 0.942. The molecule has 0 bridgehead atoms. The van der Waals surface area contributed by atoms with Crippen LogP contribution in [-0.2, 0) is 4.79 Å². The summed E-state index contributed by atoms with van der Waals surface area (Å²) < 4.78 is 0. The van der Waals surface area contributed by atoms with E-state index in [1.54, 1.807) is 6.08 Å². The van der Waals surface area contributed by atoms with Crippen molar-refractivity contribution in [3.05, 3.63) is 12.2 Å². The van der Waals surface area contributed by atoms with Crippen LogP contribution in [0.25, 0.3) is 0 Å². The summed E-state index contributed by atoms with van der Waals surface area (Å²) in [5, 5.41) is 22.9. The smallest absolute Gasteiger partial charge is 0.220 e. The highest BCUT2D eigenvalue weighted by molar-refractivity contribution is 5.76. The number of hydrogen-bond acceptors (Lipinski definition) is 3. The molecule has 2 atom stereocenters. The lowest BCUT2D eigenvalue weighted by Crippen LogP contribution is -2.45. The molecule has 56 heavy (non-hydrogen) atoms. The Morgan fingerprint density at radius 3 is 0.929 bits per heavy atom. The molecule has 0 spiro atoms. The first kappa shape index (κ1) is 55.1. The van der Waals surface area contributed by atoms with Crippen molar-refractivity contribution in [2.75, 3.05) is 6.61 Å². The second-order valence-corrected chi connectivity index (χ2v) is 18.0. The predicted octanol–water partition coefficient (Wildman–Crippen LogP) is 16.6. The van der Waals surface area contributed by atoms with Gasteiger partial charge in [-0.1, -0.05) is 283 Å². The van der Waals surface area contributed by atoms with Crippen LogP contribution in [0, 0.1) is 0 Å². The quantitative estimate of drug-likeness (QED) is 0.0425. The van der Waals surface area contributed by atoms with Gasteiger partial charge in [-0.05, 0) is 19.3 Å². The van der Waals surface area contributed by atoms with E-state index in [4.69, 9.17) is 0 Å².